The third kappa shape index (κ3) is 7.99. The molecule has 0 saturated carbocycles. The zero-order valence-electron chi connectivity index (χ0n) is 14.3. The molecule has 1 aromatic carbocycles. The second kappa shape index (κ2) is 10.00. The number of carboxylic acid groups (broad SMARTS) is 1. The van der Waals surface area contributed by atoms with Crippen molar-refractivity contribution < 1.29 is 27.9 Å². The molecule has 0 aliphatic carbocycles. The van der Waals surface area contributed by atoms with E-state index in [9.17, 15) is 18.0 Å². The Labute approximate surface area is 147 Å². The number of amides is 1. The van der Waals surface area contributed by atoms with Crippen LogP contribution in [-0.2, 0) is 26.2 Å². The first-order valence-corrected chi connectivity index (χ1v) is 9.67. The molecule has 0 aromatic heterocycles. The Bertz CT molecular complexity index is 662. The van der Waals surface area contributed by atoms with Crippen LogP contribution in [0.25, 0.3) is 0 Å². The summed E-state index contributed by atoms with van der Waals surface area (Å²) in [6.07, 6.45) is 1.55. The third-order valence-electron chi connectivity index (χ3n) is 3.63. The Morgan fingerprint density at radius 3 is 2.44 bits per heavy atom. The lowest BCUT2D eigenvalue weighted by molar-refractivity contribution is -0.141. The number of benzene rings is 1. The lowest BCUT2D eigenvalue weighted by Gasteiger charge is -2.22. The summed E-state index contributed by atoms with van der Waals surface area (Å²) < 4.78 is 28.8. The fourth-order valence-corrected chi connectivity index (χ4v) is 2.78. The number of unbranched alkanes of at least 4 members (excludes halogenated alkanes) is 1. The van der Waals surface area contributed by atoms with Crippen molar-refractivity contribution in [1.82, 2.24) is 9.62 Å². The number of alkyl carbamates (subject to hydrolysis) is 1. The molecule has 25 heavy (non-hydrogen) atoms. The number of hydrogen-bond acceptors (Lipinski definition) is 5. The lowest BCUT2D eigenvalue weighted by Crippen LogP contribution is -2.41. The number of nitrogens with zero attached hydrogens (tertiary/aromatic N) is 1. The van der Waals surface area contributed by atoms with E-state index in [1.165, 1.54) is 7.05 Å². The van der Waals surface area contributed by atoms with E-state index in [1.54, 1.807) is 0 Å². The molecule has 1 aromatic rings. The van der Waals surface area contributed by atoms with Gasteiger partial charge in [-0.3, -0.25) is 4.79 Å². The van der Waals surface area contributed by atoms with Crippen molar-refractivity contribution in [1.29, 1.82) is 0 Å². The van der Waals surface area contributed by atoms with E-state index in [0.717, 1.165) is 16.1 Å². The summed E-state index contributed by atoms with van der Waals surface area (Å²) in [5.74, 6) is -1.19. The van der Waals surface area contributed by atoms with Gasteiger partial charge in [-0.2, -0.15) is 4.31 Å². The summed E-state index contributed by atoms with van der Waals surface area (Å²) in [5, 5.41) is 11.7. The van der Waals surface area contributed by atoms with Crippen molar-refractivity contribution in [3.63, 3.8) is 0 Å². The van der Waals surface area contributed by atoms with Gasteiger partial charge in [-0.25, -0.2) is 13.2 Å². The zero-order valence-corrected chi connectivity index (χ0v) is 15.2. The van der Waals surface area contributed by atoms with Crippen LogP contribution in [0.2, 0.25) is 0 Å². The van der Waals surface area contributed by atoms with Gasteiger partial charge in [-0.15, -0.1) is 0 Å². The number of sulfonamides is 1. The van der Waals surface area contributed by atoms with Crippen LogP contribution in [0, 0.1) is 0 Å². The van der Waals surface area contributed by atoms with Crippen molar-refractivity contribution in [2.24, 2.45) is 0 Å². The largest absolute Gasteiger partial charge is 0.480 e. The maximum atomic E-state index is 11.5. The summed E-state index contributed by atoms with van der Waals surface area (Å²) >= 11 is 0. The Morgan fingerprint density at radius 1 is 1.24 bits per heavy atom. The van der Waals surface area contributed by atoms with Gasteiger partial charge in [-0.1, -0.05) is 30.3 Å². The van der Waals surface area contributed by atoms with Crippen LogP contribution >= 0.6 is 0 Å². The van der Waals surface area contributed by atoms with Gasteiger partial charge in [0.05, 0.1) is 6.26 Å². The monoisotopic (exact) mass is 372 g/mol. The second-order valence-corrected chi connectivity index (χ2v) is 7.66. The average Bonchev–Trinajstić information content (AvgIpc) is 2.55. The highest BCUT2D eigenvalue weighted by Gasteiger charge is 2.28. The molecule has 0 bridgehead atoms. The highest BCUT2D eigenvalue weighted by Crippen LogP contribution is 2.11. The fraction of sp³-hybridized carbons (Fsp3) is 0.500. The molecule has 2 N–H and O–H groups in total. The summed E-state index contributed by atoms with van der Waals surface area (Å²) in [6.45, 7) is 0.496. The van der Waals surface area contributed by atoms with E-state index in [2.05, 4.69) is 5.32 Å². The molecule has 0 aliphatic rings. The van der Waals surface area contributed by atoms with Crippen molar-refractivity contribution >= 4 is 22.1 Å². The predicted octanol–water partition coefficient (Wildman–Crippen LogP) is 1.43. The SMILES string of the molecule is CN([C@@H](CCCCNC(=O)OCc1ccccc1)C(=O)O)S(C)(=O)=O. The molecule has 0 spiro atoms. The van der Waals surface area contributed by atoms with Gasteiger partial charge in [0.1, 0.15) is 12.6 Å². The van der Waals surface area contributed by atoms with Gasteiger partial charge in [0, 0.05) is 13.6 Å². The van der Waals surface area contributed by atoms with E-state index >= 15 is 0 Å². The quantitative estimate of drug-likeness (QED) is 0.601. The summed E-state index contributed by atoms with van der Waals surface area (Å²) in [4.78, 5) is 22.7. The van der Waals surface area contributed by atoms with Crippen LogP contribution in [0.4, 0.5) is 4.79 Å². The van der Waals surface area contributed by atoms with Crippen molar-refractivity contribution in [3.05, 3.63) is 35.9 Å². The van der Waals surface area contributed by atoms with Gasteiger partial charge in [-0.05, 0) is 24.8 Å². The zero-order chi connectivity index (χ0) is 18.9. The molecular weight excluding hydrogens is 348 g/mol. The minimum Gasteiger partial charge on any atom is -0.480 e. The average molecular weight is 372 g/mol. The van der Waals surface area contributed by atoms with Crippen molar-refractivity contribution in [3.8, 4) is 0 Å². The maximum Gasteiger partial charge on any atom is 0.407 e. The van der Waals surface area contributed by atoms with Crippen LogP contribution in [0.3, 0.4) is 0 Å². The van der Waals surface area contributed by atoms with Crippen molar-refractivity contribution in [2.45, 2.75) is 31.9 Å². The number of likely N-dealkylation sites (N-methyl/N-ethyl adjacent to an activating group) is 1. The number of carbonyl (C=O) groups is 2. The van der Waals surface area contributed by atoms with E-state index in [0.29, 0.717) is 19.4 Å². The van der Waals surface area contributed by atoms with Crippen LogP contribution in [-0.4, -0.2) is 55.8 Å². The first-order chi connectivity index (χ1) is 11.7. The minimum atomic E-state index is -3.57. The van der Waals surface area contributed by atoms with Gasteiger partial charge in [0.25, 0.3) is 0 Å². The summed E-state index contributed by atoms with van der Waals surface area (Å²) in [5.41, 5.74) is 0.880. The molecule has 0 aliphatic heterocycles. The standard InChI is InChI=1S/C16H24N2O6S/c1-18(25(2,22)23)14(15(19)20)10-6-7-11-17-16(21)24-12-13-8-4-3-5-9-13/h3-5,8-9,14H,6-7,10-12H2,1-2H3,(H,17,21)(H,19,20)/t14-/m0/s1. The number of hydrogen-bond donors (Lipinski definition) is 2. The van der Waals surface area contributed by atoms with Gasteiger partial charge in [0.2, 0.25) is 10.0 Å². The number of carbonyl (C=O) groups excluding carboxylic acids is 1. The normalized spacial score (nSPS) is 12.6. The van der Waals surface area contributed by atoms with E-state index < -0.39 is 28.1 Å². The highest BCUT2D eigenvalue weighted by atomic mass is 32.2. The molecule has 9 heteroatoms. The first kappa shape index (κ1) is 20.9. The van der Waals surface area contributed by atoms with Crippen LogP contribution in [0.1, 0.15) is 24.8 Å². The van der Waals surface area contributed by atoms with Crippen LogP contribution in [0.5, 0.6) is 0 Å². The van der Waals surface area contributed by atoms with E-state index in [1.807, 2.05) is 30.3 Å². The van der Waals surface area contributed by atoms with Crippen LogP contribution in [0.15, 0.2) is 30.3 Å². The third-order valence-corrected chi connectivity index (χ3v) is 4.93. The molecule has 8 nitrogen and oxygen atoms in total. The van der Waals surface area contributed by atoms with Gasteiger partial charge < -0.3 is 15.2 Å². The Morgan fingerprint density at radius 2 is 1.88 bits per heavy atom. The van der Waals surface area contributed by atoms with E-state index in [-0.39, 0.29) is 13.0 Å². The number of aliphatic carboxylic acids is 1. The molecule has 0 radical (unpaired) electrons. The number of ether oxygens (including phenoxy) is 1. The predicted molar refractivity (Wildman–Crippen MR) is 92.5 cm³/mol. The molecular formula is C16H24N2O6S. The smallest absolute Gasteiger partial charge is 0.407 e. The number of rotatable bonds is 10. The second-order valence-electron chi connectivity index (χ2n) is 5.62. The molecule has 140 valence electrons. The lowest BCUT2D eigenvalue weighted by atomic mass is 10.1. The maximum absolute atomic E-state index is 11.5. The Kier molecular flexibility index (Phi) is 8.36. The summed E-state index contributed by atoms with van der Waals surface area (Å²) in [6, 6.07) is 8.15. The molecule has 0 unspecified atom stereocenters. The topological polar surface area (TPSA) is 113 Å². The fourth-order valence-electron chi connectivity index (χ4n) is 2.12. The minimum absolute atomic E-state index is 0.166. The number of carboxylic acids is 1. The first-order valence-electron chi connectivity index (χ1n) is 7.82. The Balaban J connectivity index is 2.25. The molecule has 1 atom stereocenters. The van der Waals surface area contributed by atoms with Gasteiger partial charge >= 0.3 is 12.1 Å². The number of nitrogens with one attached hydrogen (secondary N) is 1. The van der Waals surface area contributed by atoms with Crippen LogP contribution < -0.4 is 5.32 Å². The highest BCUT2D eigenvalue weighted by molar-refractivity contribution is 7.88. The van der Waals surface area contributed by atoms with E-state index in [4.69, 9.17) is 9.84 Å². The molecule has 0 heterocycles. The molecule has 1 rings (SSSR count). The van der Waals surface area contributed by atoms with Crippen molar-refractivity contribution in [2.75, 3.05) is 19.8 Å². The summed E-state index contributed by atoms with van der Waals surface area (Å²) in [7, 11) is -2.33. The van der Waals surface area contributed by atoms with Gasteiger partial charge in [0.15, 0.2) is 0 Å². The molecule has 0 fully saturated rings. The molecule has 1 amide bonds. The Hall–Kier alpha value is -2.13. The molecule has 0 saturated heterocycles.